The molecule has 0 bridgehead atoms. The summed E-state index contributed by atoms with van der Waals surface area (Å²) in [4.78, 5) is 11.7. The molecule has 0 spiro atoms. The molecule has 0 saturated carbocycles. The molecule has 0 radical (unpaired) electrons. The highest BCUT2D eigenvalue weighted by molar-refractivity contribution is 14.1. The third-order valence-electron chi connectivity index (χ3n) is 3.10. The second-order valence-corrected chi connectivity index (χ2v) is 6.24. The van der Waals surface area contributed by atoms with Crippen LogP contribution in [0.4, 0.5) is 5.69 Å². The van der Waals surface area contributed by atoms with E-state index in [2.05, 4.69) is 27.9 Å². The van der Waals surface area contributed by atoms with Gasteiger partial charge in [0.2, 0.25) is 5.91 Å². The van der Waals surface area contributed by atoms with E-state index in [4.69, 9.17) is 10.2 Å². The Morgan fingerprint density at radius 2 is 1.81 bits per heavy atom. The van der Waals surface area contributed by atoms with E-state index in [1.807, 2.05) is 6.07 Å². The molecule has 0 aliphatic carbocycles. The van der Waals surface area contributed by atoms with Gasteiger partial charge in [0, 0.05) is 9.99 Å². The number of unbranched alkanes of at least 4 members (excludes halogenated alkanes) is 4. The van der Waals surface area contributed by atoms with E-state index < -0.39 is 6.29 Å². The van der Waals surface area contributed by atoms with Gasteiger partial charge in [0.25, 0.3) is 0 Å². The Kier molecular flexibility index (Phi) is 8.63. The van der Waals surface area contributed by atoms with Gasteiger partial charge in [-0.2, -0.15) is 0 Å². The first-order chi connectivity index (χ1) is 9.99. The van der Waals surface area contributed by atoms with Gasteiger partial charge >= 0.3 is 0 Å². The molecule has 0 saturated heterocycles. The third-order valence-corrected chi connectivity index (χ3v) is 3.77. The van der Waals surface area contributed by atoms with Crippen LogP contribution < -0.4 is 5.32 Å². The summed E-state index contributed by atoms with van der Waals surface area (Å²) in [7, 11) is 0. The van der Waals surface area contributed by atoms with Crippen LogP contribution in [-0.4, -0.2) is 27.5 Å². The number of hydrogen-bond acceptors (Lipinski definition) is 4. The minimum atomic E-state index is -1.21. The van der Waals surface area contributed by atoms with E-state index in [0.29, 0.717) is 18.5 Å². The number of aliphatic hydroxyl groups is 2. The molecule has 0 atom stereocenters. The standard InChI is InChI=1S/C15H22INO4/c16-11-8-9-12(13(18)10-11)17-14(19)6-4-2-1-3-5-7-15(20)21/h8-10,15,18,20-21H,1-7H2,(H,17,19). The van der Waals surface area contributed by atoms with Gasteiger partial charge in [-0.1, -0.05) is 19.3 Å². The van der Waals surface area contributed by atoms with Gasteiger partial charge in [0.1, 0.15) is 5.75 Å². The van der Waals surface area contributed by atoms with Crippen molar-refractivity contribution in [3.05, 3.63) is 21.8 Å². The van der Waals surface area contributed by atoms with Crippen molar-refractivity contribution in [2.45, 2.75) is 51.2 Å². The highest BCUT2D eigenvalue weighted by Crippen LogP contribution is 2.25. The fraction of sp³-hybridized carbons (Fsp3) is 0.533. The average molecular weight is 407 g/mol. The minimum absolute atomic E-state index is 0.0813. The van der Waals surface area contributed by atoms with Gasteiger partial charge < -0.3 is 20.6 Å². The largest absolute Gasteiger partial charge is 0.506 e. The number of carbonyl (C=O) groups excluding carboxylic acids is 1. The lowest BCUT2D eigenvalue weighted by atomic mass is 10.1. The van der Waals surface area contributed by atoms with Gasteiger partial charge in [-0.25, -0.2) is 0 Å². The van der Waals surface area contributed by atoms with Crippen molar-refractivity contribution in [1.82, 2.24) is 0 Å². The van der Waals surface area contributed by atoms with E-state index in [0.717, 1.165) is 35.7 Å². The first-order valence-electron chi connectivity index (χ1n) is 7.13. The van der Waals surface area contributed by atoms with Crippen LogP contribution >= 0.6 is 22.6 Å². The van der Waals surface area contributed by atoms with Gasteiger partial charge in [0.15, 0.2) is 6.29 Å². The number of nitrogens with one attached hydrogen (secondary N) is 1. The van der Waals surface area contributed by atoms with Crippen molar-refractivity contribution >= 4 is 34.2 Å². The molecule has 6 heteroatoms. The molecule has 21 heavy (non-hydrogen) atoms. The summed E-state index contributed by atoms with van der Waals surface area (Å²) in [5.74, 6) is -0.0184. The zero-order chi connectivity index (χ0) is 15.7. The molecule has 0 fully saturated rings. The number of phenols is 1. The SMILES string of the molecule is O=C(CCCCCCCC(O)O)Nc1ccc(I)cc1O. The Hall–Kier alpha value is -0.860. The van der Waals surface area contributed by atoms with E-state index in [-0.39, 0.29) is 11.7 Å². The predicted molar refractivity (Wildman–Crippen MR) is 90.0 cm³/mol. The van der Waals surface area contributed by atoms with Gasteiger partial charge in [-0.3, -0.25) is 4.79 Å². The van der Waals surface area contributed by atoms with E-state index in [1.54, 1.807) is 12.1 Å². The second-order valence-electron chi connectivity index (χ2n) is 5.00. The molecule has 1 aromatic carbocycles. The minimum Gasteiger partial charge on any atom is -0.506 e. The number of rotatable bonds is 9. The molecule has 0 heterocycles. The zero-order valence-corrected chi connectivity index (χ0v) is 14.0. The lowest BCUT2D eigenvalue weighted by molar-refractivity contribution is -0.116. The molecular formula is C15H22INO4. The molecule has 0 aliphatic rings. The summed E-state index contributed by atoms with van der Waals surface area (Å²) in [5.41, 5.74) is 0.442. The average Bonchev–Trinajstić information content (AvgIpc) is 2.40. The zero-order valence-electron chi connectivity index (χ0n) is 11.9. The molecule has 1 aromatic rings. The summed E-state index contributed by atoms with van der Waals surface area (Å²) in [5, 5.41) is 29.8. The first kappa shape index (κ1) is 18.2. The highest BCUT2D eigenvalue weighted by Gasteiger charge is 2.06. The van der Waals surface area contributed by atoms with Crippen molar-refractivity contribution in [1.29, 1.82) is 0 Å². The van der Waals surface area contributed by atoms with Crippen molar-refractivity contribution in [3.8, 4) is 5.75 Å². The Morgan fingerprint density at radius 3 is 2.48 bits per heavy atom. The normalized spacial score (nSPS) is 10.9. The number of halogens is 1. The first-order valence-corrected chi connectivity index (χ1v) is 8.21. The number of anilines is 1. The molecule has 0 aromatic heterocycles. The second kappa shape index (κ2) is 9.97. The predicted octanol–water partition coefficient (Wildman–Crippen LogP) is 2.98. The van der Waals surface area contributed by atoms with Crippen LogP contribution in [0.15, 0.2) is 18.2 Å². The Morgan fingerprint density at radius 1 is 1.14 bits per heavy atom. The fourth-order valence-electron chi connectivity index (χ4n) is 1.97. The maximum absolute atomic E-state index is 11.7. The van der Waals surface area contributed by atoms with Gasteiger partial charge in [-0.05, 0) is 60.1 Å². The Balaban J connectivity index is 2.14. The van der Waals surface area contributed by atoms with Crippen LogP contribution in [0.2, 0.25) is 0 Å². The van der Waals surface area contributed by atoms with Gasteiger partial charge in [0.05, 0.1) is 5.69 Å². The van der Waals surface area contributed by atoms with E-state index >= 15 is 0 Å². The van der Waals surface area contributed by atoms with Crippen LogP contribution in [-0.2, 0) is 4.79 Å². The van der Waals surface area contributed by atoms with E-state index in [9.17, 15) is 9.90 Å². The van der Waals surface area contributed by atoms with Crippen molar-refractivity contribution in [2.75, 3.05) is 5.32 Å². The smallest absolute Gasteiger partial charge is 0.224 e. The summed E-state index contributed by atoms with van der Waals surface area (Å²) in [6.45, 7) is 0. The Labute approximate surface area is 138 Å². The lowest BCUT2D eigenvalue weighted by Gasteiger charge is -2.07. The van der Waals surface area contributed by atoms with Crippen LogP contribution in [0.25, 0.3) is 0 Å². The van der Waals surface area contributed by atoms with Crippen LogP contribution in [0, 0.1) is 3.57 Å². The van der Waals surface area contributed by atoms with Crippen molar-refractivity contribution in [3.63, 3.8) is 0 Å². The number of aliphatic hydroxyl groups excluding tert-OH is 1. The molecule has 5 nitrogen and oxygen atoms in total. The maximum Gasteiger partial charge on any atom is 0.224 e. The summed E-state index contributed by atoms with van der Waals surface area (Å²) < 4.78 is 0.913. The summed E-state index contributed by atoms with van der Waals surface area (Å²) >= 11 is 2.09. The van der Waals surface area contributed by atoms with Gasteiger partial charge in [-0.15, -0.1) is 0 Å². The quantitative estimate of drug-likeness (QED) is 0.219. The number of amides is 1. The summed E-state index contributed by atoms with van der Waals surface area (Å²) in [6.07, 6.45) is 4.07. The number of benzene rings is 1. The number of hydrogen-bond donors (Lipinski definition) is 4. The molecule has 0 unspecified atom stereocenters. The van der Waals surface area contributed by atoms with Crippen LogP contribution in [0.3, 0.4) is 0 Å². The number of aromatic hydroxyl groups is 1. The molecule has 0 aliphatic heterocycles. The van der Waals surface area contributed by atoms with Crippen molar-refractivity contribution in [2.24, 2.45) is 0 Å². The van der Waals surface area contributed by atoms with Crippen molar-refractivity contribution < 1.29 is 20.1 Å². The Bertz CT molecular complexity index is 451. The molecular weight excluding hydrogens is 385 g/mol. The molecule has 118 valence electrons. The van der Waals surface area contributed by atoms with Crippen LogP contribution in [0.1, 0.15) is 44.9 Å². The van der Waals surface area contributed by atoms with Crippen LogP contribution in [0.5, 0.6) is 5.75 Å². The number of phenolic OH excluding ortho intramolecular Hbond substituents is 1. The molecule has 1 amide bonds. The number of carbonyl (C=O) groups is 1. The topological polar surface area (TPSA) is 89.8 Å². The summed E-state index contributed by atoms with van der Waals surface area (Å²) in [6, 6.07) is 5.12. The molecule has 4 N–H and O–H groups in total. The fourth-order valence-corrected chi connectivity index (χ4v) is 2.44. The molecule has 1 rings (SSSR count). The lowest BCUT2D eigenvalue weighted by Crippen LogP contribution is -2.11. The van der Waals surface area contributed by atoms with E-state index in [1.165, 1.54) is 0 Å². The maximum atomic E-state index is 11.7. The highest BCUT2D eigenvalue weighted by atomic mass is 127. The third kappa shape index (κ3) is 8.23. The monoisotopic (exact) mass is 407 g/mol.